The highest BCUT2D eigenvalue weighted by Crippen LogP contribution is 2.10. The lowest BCUT2D eigenvalue weighted by molar-refractivity contribution is 0.168. The van der Waals surface area contributed by atoms with Crippen LogP contribution in [-0.2, 0) is 0 Å². The Kier molecular flexibility index (Phi) is 4.52. The number of hydrogen-bond acceptors (Lipinski definition) is 4. The fourth-order valence-corrected chi connectivity index (χ4v) is 1.09. The van der Waals surface area contributed by atoms with E-state index in [0.717, 1.165) is 5.69 Å². The van der Waals surface area contributed by atoms with Gasteiger partial charge < -0.3 is 16.2 Å². The Bertz CT molecular complexity index is 265. The van der Waals surface area contributed by atoms with E-state index in [4.69, 9.17) is 17.3 Å². The maximum Gasteiger partial charge on any atom is 0.181 e. The lowest BCUT2D eigenvalue weighted by Crippen LogP contribution is -2.37. The Morgan fingerprint density at radius 1 is 1.36 bits per heavy atom. The summed E-state index contributed by atoms with van der Waals surface area (Å²) >= 11 is 5.45. The van der Waals surface area contributed by atoms with Crippen LogP contribution in [0.2, 0.25) is 0 Å². The predicted molar refractivity (Wildman–Crippen MR) is 59.2 cm³/mol. The molecule has 78 valence electrons. The van der Waals surface area contributed by atoms with Crippen LogP contribution in [0, 0.1) is 0 Å². The molecule has 0 aliphatic heterocycles. The van der Waals surface area contributed by atoms with Crippen LogP contribution in [0.4, 0.5) is 11.4 Å². The van der Waals surface area contributed by atoms with Crippen LogP contribution in [0.5, 0.6) is 0 Å². The van der Waals surface area contributed by atoms with Crippen LogP contribution in [0.1, 0.15) is 0 Å². The number of nitrogen functional groups attached to an aromatic ring is 1. The molecule has 0 saturated heterocycles. The standard InChI is InChI=1S/C9H14ClN3O/c10-5-6-12-9(14)13-8-3-1-7(11)2-4-8/h1-4,9,12-14H,5-6,11H2. The largest absolute Gasteiger partial charge is 0.399 e. The maximum absolute atomic E-state index is 9.39. The lowest BCUT2D eigenvalue weighted by Gasteiger charge is -2.14. The van der Waals surface area contributed by atoms with E-state index in [2.05, 4.69) is 10.6 Å². The van der Waals surface area contributed by atoms with Crippen molar-refractivity contribution in [3.63, 3.8) is 0 Å². The third kappa shape index (κ3) is 3.83. The van der Waals surface area contributed by atoms with Gasteiger partial charge in [-0.3, -0.25) is 5.32 Å². The summed E-state index contributed by atoms with van der Waals surface area (Å²) in [6.07, 6.45) is -0.794. The summed E-state index contributed by atoms with van der Waals surface area (Å²) in [6.45, 7) is 0.546. The minimum Gasteiger partial charge on any atom is -0.399 e. The molecule has 1 aromatic carbocycles. The molecule has 14 heavy (non-hydrogen) atoms. The monoisotopic (exact) mass is 215 g/mol. The first-order valence-corrected chi connectivity index (χ1v) is 4.85. The molecule has 0 aliphatic carbocycles. The first kappa shape index (κ1) is 11.1. The second-order valence-electron chi connectivity index (χ2n) is 2.81. The number of halogens is 1. The molecule has 0 radical (unpaired) electrons. The Morgan fingerprint density at radius 3 is 2.57 bits per heavy atom. The van der Waals surface area contributed by atoms with Crippen molar-refractivity contribution in [1.29, 1.82) is 0 Å². The molecule has 0 saturated carbocycles. The minimum atomic E-state index is -0.794. The highest BCUT2D eigenvalue weighted by atomic mass is 35.5. The summed E-state index contributed by atoms with van der Waals surface area (Å²) in [4.78, 5) is 0. The number of anilines is 2. The zero-order valence-corrected chi connectivity index (χ0v) is 8.46. The number of aliphatic hydroxyl groups excluding tert-OH is 1. The van der Waals surface area contributed by atoms with E-state index in [9.17, 15) is 5.11 Å². The molecular formula is C9H14ClN3O. The van der Waals surface area contributed by atoms with Crippen LogP contribution in [0.3, 0.4) is 0 Å². The molecule has 5 N–H and O–H groups in total. The predicted octanol–water partition coefficient (Wildman–Crippen LogP) is 0.785. The van der Waals surface area contributed by atoms with Crippen LogP contribution < -0.4 is 16.4 Å². The van der Waals surface area contributed by atoms with Crippen molar-refractivity contribution < 1.29 is 5.11 Å². The van der Waals surface area contributed by atoms with Crippen molar-refractivity contribution in [2.75, 3.05) is 23.5 Å². The van der Waals surface area contributed by atoms with Gasteiger partial charge >= 0.3 is 0 Å². The van der Waals surface area contributed by atoms with Crippen molar-refractivity contribution in [1.82, 2.24) is 5.32 Å². The third-order valence-corrected chi connectivity index (χ3v) is 1.84. The first-order valence-electron chi connectivity index (χ1n) is 4.32. The molecule has 0 amide bonds. The van der Waals surface area contributed by atoms with Gasteiger partial charge in [-0.1, -0.05) is 0 Å². The Morgan fingerprint density at radius 2 is 2.00 bits per heavy atom. The van der Waals surface area contributed by atoms with E-state index >= 15 is 0 Å². The molecular weight excluding hydrogens is 202 g/mol. The van der Waals surface area contributed by atoms with Gasteiger partial charge in [-0.15, -0.1) is 11.6 Å². The molecule has 0 heterocycles. The number of aliphatic hydroxyl groups is 1. The molecule has 4 nitrogen and oxygen atoms in total. The van der Waals surface area contributed by atoms with Gasteiger partial charge in [0, 0.05) is 23.8 Å². The molecule has 0 spiro atoms. The summed E-state index contributed by atoms with van der Waals surface area (Å²) in [6, 6.07) is 7.11. The van der Waals surface area contributed by atoms with Crippen molar-refractivity contribution in [2.24, 2.45) is 0 Å². The summed E-state index contributed by atoms with van der Waals surface area (Å²) in [5.41, 5.74) is 7.01. The van der Waals surface area contributed by atoms with Crippen molar-refractivity contribution in [3.8, 4) is 0 Å². The zero-order valence-electron chi connectivity index (χ0n) is 7.70. The molecule has 0 aliphatic rings. The number of alkyl halides is 1. The molecule has 1 aromatic rings. The van der Waals surface area contributed by atoms with Crippen LogP contribution in [0.25, 0.3) is 0 Å². The minimum absolute atomic E-state index is 0.459. The lowest BCUT2D eigenvalue weighted by atomic mass is 10.3. The molecule has 1 atom stereocenters. The van der Waals surface area contributed by atoms with Gasteiger partial charge in [-0.25, -0.2) is 0 Å². The Hall–Kier alpha value is -0.970. The smallest absolute Gasteiger partial charge is 0.181 e. The van der Waals surface area contributed by atoms with Crippen LogP contribution in [0.15, 0.2) is 24.3 Å². The fraction of sp³-hybridized carbons (Fsp3) is 0.333. The number of nitrogens with two attached hydrogens (primary N) is 1. The van der Waals surface area contributed by atoms with Gasteiger partial charge in [0.2, 0.25) is 0 Å². The van der Waals surface area contributed by atoms with Crippen molar-refractivity contribution in [3.05, 3.63) is 24.3 Å². The highest BCUT2D eigenvalue weighted by Gasteiger charge is 2.00. The molecule has 0 bridgehead atoms. The van der Waals surface area contributed by atoms with Gasteiger partial charge in [-0.2, -0.15) is 0 Å². The second-order valence-corrected chi connectivity index (χ2v) is 3.19. The Labute approximate surface area is 88.1 Å². The molecule has 5 heteroatoms. The summed E-state index contributed by atoms with van der Waals surface area (Å²) in [5, 5.41) is 15.0. The summed E-state index contributed by atoms with van der Waals surface area (Å²) in [5.74, 6) is 0.459. The van der Waals surface area contributed by atoms with E-state index in [0.29, 0.717) is 18.1 Å². The second kappa shape index (κ2) is 5.70. The third-order valence-electron chi connectivity index (χ3n) is 1.65. The van der Waals surface area contributed by atoms with Gasteiger partial charge in [0.05, 0.1) is 0 Å². The topological polar surface area (TPSA) is 70.3 Å². The van der Waals surface area contributed by atoms with Crippen LogP contribution >= 0.6 is 11.6 Å². The van der Waals surface area contributed by atoms with E-state index < -0.39 is 6.35 Å². The molecule has 1 rings (SSSR count). The SMILES string of the molecule is Nc1ccc(NC(O)NCCCl)cc1. The van der Waals surface area contributed by atoms with E-state index in [1.165, 1.54) is 0 Å². The van der Waals surface area contributed by atoms with Gasteiger partial charge in [0.1, 0.15) is 0 Å². The fourth-order valence-electron chi connectivity index (χ4n) is 0.980. The number of rotatable bonds is 5. The zero-order chi connectivity index (χ0) is 10.4. The van der Waals surface area contributed by atoms with Crippen LogP contribution in [-0.4, -0.2) is 23.9 Å². The summed E-state index contributed by atoms with van der Waals surface area (Å²) < 4.78 is 0. The molecule has 0 aromatic heterocycles. The van der Waals surface area contributed by atoms with E-state index in [-0.39, 0.29) is 0 Å². The number of benzene rings is 1. The van der Waals surface area contributed by atoms with Crippen molar-refractivity contribution >= 4 is 23.0 Å². The average molecular weight is 216 g/mol. The molecule has 0 fully saturated rings. The maximum atomic E-state index is 9.39. The van der Waals surface area contributed by atoms with E-state index in [1.807, 2.05) is 0 Å². The first-order chi connectivity index (χ1) is 6.72. The van der Waals surface area contributed by atoms with Gasteiger partial charge in [-0.05, 0) is 24.3 Å². The quantitative estimate of drug-likeness (QED) is 0.333. The van der Waals surface area contributed by atoms with Gasteiger partial charge in [0.15, 0.2) is 6.35 Å². The van der Waals surface area contributed by atoms with Gasteiger partial charge in [0.25, 0.3) is 0 Å². The van der Waals surface area contributed by atoms with E-state index in [1.54, 1.807) is 24.3 Å². The average Bonchev–Trinajstić information content (AvgIpc) is 2.18. The summed E-state index contributed by atoms with van der Waals surface area (Å²) in [7, 11) is 0. The Balaban J connectivity index is 2.39. The number of nitrogens with one attached hydrogen (secondary N) is 2. The van der Waals surface area contributed by atoms with Crippen molar-refractivity contribution in [2.45, 2.75) is 6.35 Å². The normalized spacial score (nSPS) is 12.4. The number of hydrogen-bond donors (Lipinski definition) is 4. The molecule has 1 unspecified atom stereocenters. The highest BCUT2D eigenvalue weighted by molar-refractivity contribution is 6.18.